The molecule has 124 valence electrons. The Hall–Kier alpha value is -1.38. The molecule has 2 saturated heterocycles. The molecule has 0 aromatic carbocycles. The van der Waals surface area contributed by atoms with Gasteiger partial charge in [0.2, 0.25) is 0 Å². The zero-order valence-corrected chi connectivity index (χ0v) is 13.6. The third kappa shape index (κ3) is 2.23. The first-order valence-corrected chi connectivity index (χ1v) is 8.68. The zero-order valence-electron chi connectivity index (χ0n) is 13.7. The van der Waals surface area contributed by atoms with Gasteiger partial charge in [0.15, 0.2) is 26.1 Å². The highest BCUT2D eigenvalue weighted by molar-refractivity contribution is 7.46. The first-order chi connectivity index (χ1) is 11.6. The molecule has 23 heavy (non-hydrogen) atoms. The Morgan fingerprint density at radius 3 is 3.17 bits per heavy atom. The van der Waals surface area contributed by atoms with Crippen molar-refractivity contribution in [2.45, 2.75) is 30.9 Å². The fraction of sp³-hybridized carbons (Fsp3) is 0.615. The summed E-state index contributed by atoms with van der Waals surface area (Å²) in [6.45, 7) is 2.21. The fourth-order valence-corrected chi connectivity index (χ4v) is 3.69. The van der Waals surface area contributed by atoms with Crippen LogP contribution in [0.4, 0.5) is 5.82 Å². The van der Waals surface area contributed by atoms with Crippen molar-refractivity contribution in [1.82, 2.24) is 19.5 Å². The van der Waals surface area contributed by atoms with Gasteiger partial charge in [-0.15, -0.1) is 0 Å². The average Bonchev–Trinajstić information content (AvgIpc) is 3.25. The number of imidazole rings is 1. The van der Waals surface area contributed by atoms with E-state index in [9.17, 15) is 0 Å². The van der Waals surface area contributed by atoms with Crippen LogP contribution in [0.3, 0.4) is 0 Å². The number of nitrogens with zero attached hydrogens (tertiary/aromatic N) is 4. The molecule has 9 nitrogen and oxygen atoms in total. The van der Waals surface area contributed by atoms with Crippen LogP contribution in [-0.4, -0.2) is 57.7 Å². The highest BCUT2D eigenvalue weighted by Crippen LogP contribution is 2.51. The second-order valence-corrected chi connectivity index (χ2v) is 7.04. The average molecular weight is 340 g/mol. The second-order valence-electron chi connectivity index (χ2n) is 5.58. The van der Waals surface area contributed by atoms with Crippen LogP contribution in [0.15, 0.2) is 12.7 Å². The lowest BCUT2D eigenvalue weighted by molar-refractivity contribution is -0.164. The van der Waals surface area contributed by atoms with Gasteiger partial charge in [0.05, 0.1) is 12.9 Å². The fourth-order valence-electron chi connectivity index (χ4n) is 2.98. The predicted molar refractivity (Wildman–Crippen MR) is 82.7 cm³/mol. The molecule has 0 saturated carbocycles. The largest absolute Gasteiger partial charge is 0.382 e. The normalized spacial score (nSPS) is 34.9. The van der Waals surface area contributed by atoms with E-state index in [4.69, 9.17) is 25.6 Å². The molecule has 0 aliphatic carbocycles. The van der Waals surface area contributed by atoms with Gasteiger partial charge in [-0.25, -0.2) is 15.0 Å². The summed E-state index contributed by atoms with van der Waals surface area (Å²) in [5, 5.41) is 0. The van der Waals surface area contributed by atoms with E-state index in [1.165, 1.54) is 6.33 Å². The quantitative estimate of drug-likeness (QED) is 0.824. The number of aromatic nitrogens is 4. The molecule has 0 spiro atoms. The molecular formula is C13H18N5O4P. The van der Waals surface area contributed by atoms with Gasteiger partial charge in [0.25, 0.3) is 0 Å². The van der Waals surface area contributed by atoms with Gasteiger partial charge >= 0.3 is 0 Å². The van der Waals surface area contributed by atoms with Crippen molar-refractivity contribution in [3.63, 3.8) is 0 Å². The van der Waals surface area contributed by atoms with Crippen molar-refractivity contribution < 1.29 is 19.9 Å². The van der Waals surface area contributed by atoms with Crippen molar-refractivity contribution in [2.75, 3.05) is 26.1 Å². The lowest BCUT2D eigenvalue weighted by Crippen LogP contribution is -2.37. The zero-order chi connectivity index (χ0) is 16.9. The van der Waals surface area contributed by atoms with Gasteiger partial charge in [-0.1, -0.05) is 0 Å². The summed E-state index contributed by atoms with van der Waals surface area (Å²) in [7, 11) is 0.525. The number of ether oxygens (including phenoxy) is 2. The van der Waals surface area contributed by atoms with Crippen LogP contribution in [0.2, 0.25) is 0 Å². The summed E-state index contributed by atoms with van der Waals surface area (Å²) in [5.74, 6) is 0.308. The topological polar surface area (TPSA) is 107 Å². The molecular weight excluding hydrogens is 321 g/mol. The maximum atomic E-state index is 7.93. The Bertz CT molecular complexity index is 763. The third-order valence-electron chi connectivity index (χ3n) is 4.15. The Kier molecular flexibility index (Phi) is 3.24. The van der Waals surface area contributed by atoms with Gasteiger partial charge in [-0.05, 0) is 6.90 Å². The predicted octanol–water partition coefficient (Wildman–Crippen LogP) is 1.07. The van der Waals surface area contributed by atoms with E-state index in [0.717, 1.165) is 0 Å². The molecule has 4 heterocycles. The molecule has 0 amide bonds. The van der Waals surface area contributed by atoms with Crippen LogP contribution >= 0.6 is 8.38 Å². The first-order valence-electron chi connectivity index (χ1n) is 7.76. The molecule has 2 N–H and O–H groups in total. The van der Waals surface area contributed by atoms with Crippen molar-refractivity contribution in [1.29, 1.82) is 0 Å². The van der Waals surface area contributed by atoms with E-state index < -0.39 is 20.2 Å². The van der Waals surface area contributed by atoms with E-state index in [0.29, 0.717) is 23.6 Å². The molecule has 2 aliphatic heterocycles. The van der Waals surface area contributed by atoms with Crippen molar-refractivity contribution >= 4 is 25.4 Å². The monoisotopic (exact) mass is 340 g/mol. The molecule has 2 aromatic heterocycles. The summed E-state index contributed by atoms with van der Waals surface area (Å²) in [4.78, 5) is 12.5. The van der Waals surface area contributed by atoms with Crippen LogP contribution in [0.1, 0.15) is 14.5 Å². The highest BCUT2D eigenvalue weighted by Gasteiger charge is 2.61. The number of nitrogens with two attached hydrogens (primary N) is 1. The number of rotatable bonds is 4. The Morgan fingerprint density at radius 2 is 2.39 bits per heavy atom. The van der Waals surface area contributed by atoms with Crippen molar-refractivity contribution in [3.05, 3.63) is 12.7 Å². The second kappa shape index (κ2) is 5.32. The Balaban J connectivity index is 1.71. The summed E-state index contributed by atoms with van der Waals surface area (Å²) in [6.07, 6.45) is 1.74. The number of hydrogen-bond donors (Lipinski definition) is 1. The Morgan fingerprint density at radius 1 is 1.52 bits per heavy atom. The van der Waals surface area contributed by atoms with Gasteiger partial charge in [0, 0.05) is 15.1 Å². The highest BCUT2D eigenvalue weighted by atomic mass is 31.2. The number of fused-ring (bicyclic) bond motifs is 3. The summed E-state index contributed by atoms with van der Waals surface area (Å²) < 4.78 is 33.0. The number of anilines is 1. The van der Waals surface area contributed by atoms with Crippen molar-refractivity contribution in [3.8, 4) is 0 Å². The maximum Gasteiger partial charge on any atom is 0.167 e. The van der Waals surface area contributed by atoms with E-state index in [-0.39, 0.29) is 19.1 Å². The van der Waals surface area contributed by atoms with E-state index in [2.05, 4.69) is 15.0 Å². The molecule has 2 aliphatic rings. The minimum Gasteiger partial charge on any atom is -0.382 e. The number of nitrogen functional groups attached to an aromatic ring is 1. The molecule has 4 unspecified atom stereocenters. The first kappa shape index (κ1) is 14.0. The standard InChI is InChI=1S/C13H18N5O4P/c1-13-4-20-8(9(13)22-23(3)19-2)12(21-13)18-6-17-7-10(14)15-5-16-11(7)18/h5-6,8-9,12H,4H2,1-3H3,(H2,14,15,16)/t8?,9-,12?,13?,23?/m1/s1/i1D. The molecule has 10 heteroatoms. The number of hydrogen-bond acceptors (Lipinski definition) is 8. The van der Waals surface area contributed by atoms with E-state index in [1.807, 2.05) is 6.66 Å². The minimum atomic E-state index is -1.07. The molecule has 2 bridgehead atoms. The summed E-state index contributed by atoms with van der Waals surface area (Å²) in [5.41, 5.74) is 6.09. The lowest BCUT2D eigenvalue weighted by Gasteiger charge is -2.28. The summed E-state index contributed by atoms with van der Waals surface area (Å²) >= 11 is 0. The van der Waals surface area contributed by atoms with Gasteiger partial charge in [-0.3, -0.25) is 4.57 Å². The molecule has 2 fully saturated rings. The van der Waals surface area contributed by atoms with Crippen LogP contribution < -0.4 is 5.73 Å². The molecule has 4 rings (SSSR count). The minimum absolute atomic E-state index is 0.0291. The summed E-state index contributed by atoms with van der Waals surface area (Å²) in [6, 6.07) is 0. The van der Waals surface area contributed by atoms with E-state index >= 15 is 0 Å². The van der Waals surface area contributed by atoms with Crippen LogP contribution in [-0.2, 0) is 18.5 Å². The maximum absolute atomic E-state index is 7.93. The third-order valence-corrected chi connectivity index (χ3v) is 5.19. The van der Waals surface area contributed by atoms with Crippen molar-refractivity contribution in [2.24, 2.45) is 0 Å². The smallest absolute Gasteiger partial charge is 0.167 e. The Labute approximate surface area is 135 Å². The van der Waals surface area contributed by atoms with Crippen LogP contribution in [0.25, 0.3) is 11.2 Å². The molecule has 5 atom stereocenters. The molecule has 0 radical (unpaired) electrons. The van der Waals surface area contributed by atoms with Gasteiger partial charge in [-0.2, -0.15) is 0 Å². The van der Waals surface area contributed by atoms with Gasteiger partial charge in [0.1, 0.15) is 29.7 Å². The SMILES string of the molecule is [2H]CC12COC(C(n3cnc4c(N)ncnc43)O1)[C@H]2OP(C)OC. The van der Waals surface area contributed by atoms with Crippen LogP contribution in [0, 0.1) is 0 Å². The van der Waals surface area contributed by atoms with Gasteiger partial charge < -0.3 is 24.3 Å². The lowest BCUT2D eigenvalue weighted by atomic mass is 10.0. The van der Waals surface area contributed by atoms with Crippen LogP contribution in [0.5, 0.6) is 0 Å². The molecule has 2 aromatic rings. The van der Waals surface area contributed by atoms with E-state index in [1.54, 1.807) is 18.0 Å².